The van der Waals surface area contributed by atoms with E-state index >= 15 is 0 Å². The zero-order chi connectivity index (χ0) is 21.5. The third kappa shape index (κ3) is 5.18. The number of hydrogen-bond donors (Lipinski definition) is 0. The summed E-state index contributed by atoms with van der Waals surface area (Å²) >= 11 is 1.41. The summed E-state index contributed by atoms with van der Waals surface area (Å²) in [6.45, 7) is 2.37. The van der Waals surface area contributed by atoms with Crippen molar-refractivity contribution in [1.82, 2.24) is 4.90 Å². The molecule has 2 aromatic carbocycles. The highest BCUT2D eigenvalue weighted by Crippen LogP contribution is 2.32. The molecule has 1 unspecified atom stereocenters. The number of ether oxygens (including phenoxy) is 2. The zero-order valence-electron chi connectivity index (χ0n) is 17.2. The normalized spacial score (nSPS) is 17.9. The van der Waals surface area contributed by atoms with Crippen molar-refractivity contribution in [3.05, 3.63) is 59.4 Å². The van der Waals surface area contributed by atoms with Gasteiger partial charge in [-0.1, -0.05) is 37.2 Å². The first kappa shape index (κ1) is 21.8. The van der Waals surface area contributed by atoms with E-state index in [2.05, 4.69) is 10.2 Å². The standard InChI is InChI=1S/C22H24FN3O3S/c1-4-5-20-21(27)26(14-15-6-9-17(23)10-7-15)22(30-20)25-24-13-16-8-11-18(28-2)12-19(16)29-3/h6-13,20H,4-5,14H2,1-3H3/b24-13+,25-22-. The molecular formula is C22H24FN3O3S. The van der Waals surface area contributed by atoms with Gasteiger partial charge in [-0.25, -0.2) is 4.39 Å². The molecular weight excluding hydrogens is 405 g/mol. The summed E-state index contributed by atoms with van der Waals surface area (Å²) in [5.41, 5.74) is 1.57. The second-order valence-electron chi connectivity index (χ2n) is 6.68. The van der Waals surface area contributed by atoms with Crippen LogP contribution in [0.1, 0.15) is 30.9 Å². The Bertz CT molecular complexity index is 947. The van der Waals surface area contributed by atoms with Crippen LogP contribution >= 0.6 is 11.8 Å². The summed E-state index contributed by atoms with van der Waals surface area (Å²) in [5, 5.41) is 8.85. The summed E-state index contributed by atoms with van der Waals surface area (Å²) in [6.07, 6.45) is 3.24. The van der Waals surface area contributed by atoms with E-state index < -0.39 is 0 Å². The lowest BCUT2D eigenvalue weighted by Gasteiger charge is -2.15. The molecule has 1 saturated heterocycles. The number of halogens is 1. The Morgan fingerprint density at radius 1 is 1.17 bits per heavy atom. The number of amidine groups is 1. The second-order valence-corrected chi connectivity index (χ2v) is 7.85. The monoisotopic (exact) mass is 429 g/mol. The molecule has 1 aliphatic heterocycles. The molecule has 0 spiro atoms. The van der Waals surface area contributed by atoms with Crippen molar-refractivity contribution in [3.8, 4) is 11.5 Å². The number of methoxy groups -OCH3 is 2. The largest absolute Gasteiger partial charge is 0.497 e. The van der Waals surface area contributed by atoms with E-state index in [-0.39, 0.29) is 17.0 Å². The van der Waals surface area contributed by atoms with E-state index in [0.717, 1.165) is 24.0 Å². The van der Waals surface area contributed by atoms with E-state index in [0.29, 0.717) is 23.2 Å². The van der Waals surface area contributed by atoms with Gasteiger partial charge < -0.3 is 9.47 Å². The zero-order valence-corrected chi connectivity index (χ0v) is 18.0. The summed E-state index contributed by atoms with van der Waals surface area (Å²) in [7, 11) is 3.16. The fourth-order valence-electron chi connectivity index (χ4n) is 3.01. The summed E-state index contributed by atoms with van der Waals surface area (Å²) in [6, 6.07) is 11.5. The molecule has 0 saturated carbocycles. The minimum absolute atomic E-state index is 0.00199. The van der Waals surface area contributed by atoms with Crippen LogP contribution in [0.4, 0.5) is 4.39 Å². The van der Waals surface area contributed by atoms with Crippen LogP contribution < -0.4 is 9.47 Å². The maximum absolute atomic E-state index is 13.2. The molecule has 0 N–H and O–H groups in total. The van der Waals surface area contributed by atoms with Crippen molar-refractivity contribution in [1.29, 1.82) is 0 Å². The molecule has 158 valence electrons. The maximum Gasteiger partial charge on any atom is 0.242 e. The van der Waals surface area contributed by atoms with E-state index in [1.54, 1.807) is 43.5 Å². The summed E-state index contributed by atoms with van der Waals surface area (Å²) < 4.78 is 23.8. The minimum atomic E-state index is -0.309. The Morgan fingerprint density at radius 2 is 1.93 bits per heavy atom. The predicted octanol–water partition coefficient (Wildman–Crippen LogP) is 4.48. The number of amides is 1. The average Bonchev–Trinajstić information content (AvgIpc) is 3.04. The van der Waals surface area contributed by atoms with Crippen molar-refractivity contribution < 1.29 is 18.7 Å². The number of carbonyl (C=O) groups excluding carboxylic acids is 1. The lowest BCUT2D eigenvalue weighted by Crippen LogP contribution is -2.31. The van der Waals surface area contributed by atoms with Gasteiger partial charge in [0.2, 0.25) is 5.91 Å². The Kier molecular flexibility index (Phi) is 7.46. The van der Waals surface area contributed by atoms with Gasteiger partial charge in [0.25, 0.3) is 0 Å². The van der Waals surface area contributed by atoms with E-state index in [1.165, 1.54) is 23.9 Å². The van der Waals surface area contributed by atoms with Crippen molar-refractivity contribution >= 4 is 29.1 Å². The molecule has 1 heterocycles. The van der Waals surface area contributed by atoms with Crippen molar-refractivity contribution in [2.24, 2.45) is 10.2 Å². The van der Waals surface area contributed by atoms with Gasteiger partial charge in [-0.15, -0.1) is 5.10 Å². The van der Waals surface area contributed by atoms with Crippen molar-refractivity contribution in [3.63, 3.8) is 0 Å². The van der Waals surface area contributed by atoms with E-state index in [4.69, 9.17) is 9.47 Å². The molecule has 1 fully saturated rings. The van der Waals surface area contributed by atoms with Crippen LogP contribution in [0.15, 0.2) is 52.7 Å². The Morgan fingerprint density at radius 3 is 2.60 bits per heavy atom. The number of nitrogens with zero attached hydrogens (tertiary/aromatic N) is 3. The Balaban J connectivity index is 1.83. The fraction of sp³-hybridized carbons (Fsp3) is 0.318. The molecule has 6 nitrogen and oxygen atoms in total. The maximum atomic E-state index is 13.2. The van der Waals surface area contributed by atoms with Crippen molar-refractivity contribution in [2.75, 3.05) is 14.2 Å². The number of benzene rings is 2. The van der Waals surface area contributed by atoms with Crippen LogP contribution in [0.25, 0.3) is 0 Å². The van der Waals surface area contributed by atoms with Crippen molar-refractivity contribution in [2.45, 2.75) is 31.6 Å². The molecule has 1 aliphatic rings. The second kappa shape index (κ2) is 10.2. The molecule has 0 bridgehead atoms. The quantitative estimate of drug-likeness (QED) is 0.459. The van der Waals surface area contributed by atoms with E-state index in [9.17, 15) is 9.18 Å². The van der Waals surface area contributed by atoms with Gasteiger partial charge >= 0.3 is 0 Å². The highest BCUT2D eigenvalue weighted by atomic mass is 32.2. The minimum Gasteiger partial charge on any atom is -0.497 e. The SMILES string of the molecule is CCCC1S/C(=N\N=C\c2ccc(OC)cc2OC)N(Cc2ccc(F)cc2)C1=O. The molecule has 3 rings (SSSR count). The van der Waals surface area contributed by atoms with Crippen LogP contribution in [0, 0.1) is 5.82 Å². The van der Waals surface area contributed by atoms with Gasteiger partial charge in [0.1, 0.15) is 17.3 Å². The number of rotatable bonds is 8. The van der Waals surface area contributed by atoms with E-state index in [1.807, 2.05) is 19.1 Å². The summed E-state index contributed by atoms with van der Waals surface area (Å²) in [5.74, 6) is 0.986. The Hall–Kier alpha value is -2.87. The third-order valence-electron chi connectivity index (χ3n) is 4.61. The fourth-order valence-corrected chi connectivity index (χ4v) is 4.23. The predicted molar refractivity (Wildman–Crippen MR) is 118 cm³/mol. The van der Waals surface area contributed by atoms with Crippen LogP contribution in [-0.4, -0.2) is 41.7 Å². The molecule has 0 aromatic heterocycles. The lowest BCUT2D eigenvalue weighted by molar-refractivity contribution is -0.126. The van der Waals surface area contributed by atoms with Gasteiger partial charge in [-0.2, -0.15) is 5.10 Å². The van der Waals surface area contributed by atoms with Crippen LogP contribution in [-0.2, 0) is 11.3 Å². The molecule has 0 aliphatic carbocycles. The third-order valence-corrected chi connectivity index (χ3v) is 5.84. The smallest absolute Gasteiger partial charge is 0.242 e. The highest BCUT2D eigenvalue weighted by molar-refractivity contribution is 8.15. The number of carbonyl (C=O) groups is 1. The van der Waals surface area contributed by atoms with Gasteiger partial charge in [-0.3, -0.25) is 9.69 Å². The number of thioether (sulfide) groups is 1. The average molecular weight is 430 g/mol. The summed E-state index contributed by atoms with van der Waals surface area (Å²) in [4.78, 5) is 14.5. The van der Waals surface area contributed by atoms with Crippen LogP contribution in [0.3, 0.4) is 0 Å². The van der Waals surface area contributed by atoms with Gasteiger partial charge in [0, 0.05) is 11.6 Å². The lowest BCUT2D eigenvalue weighted by atomic mass is 10.2. The molecule has 1 amide bonds. The first-order valence-corrected chi connectivity index (χ1v) is 10.5. The Labute approximate surface area is 179 Å². The molecule has 1 atom stereocenters. The highest BCUT2D eigenvalue weighted by Gasteiger charge is 2.37. The van der Waals surface area contributed by atoms with Gasteiger partial charge in [0.05, 0.1) is 32.2 Å². The topological polar surface area (TPSA) is 63.5 Å². The van der Waals surface area contributed by atoms with Crippen LogP contribution in [0.2, 0.25) is 0 Å². The molecule has 2 aromatic rings. The molecule has 0 radical (unpaired) electrons. The molecule has 30 heavy (non-hydrogen) atoms. The first-order valence-electron chi connectivity index (χ1n) is 9.61. The van der Waals surface area contributed by atoms with Crippen LogP contribution in [0.5, 0.6) is 11.5 Å². The van der Waals surface area contributed by atoms with Gasteiger partial charge in [0.15, 0.2) is 5.17 Å². The molecule has 8 heteroatoms. The number of hydrogen-bond acceptors (Lipinski definition) is 6. The van der Waals surface area contributed by atoms with Gasteiger partial charge in [-0.05, 0) is 36.2 Å². The first-order chi connectivity index (χ1) is 14.5.